The first-order valence-electron chi connectivity index (χ1n) is 8.90. The van der Waals surface area contributed by atoms with E-state index in [0.29, 0.717) is 28.1 Å². The zero-order valence-corrected chi connectivity index (χ0v) is 17.0. The van der Waals surface area contributed by atoms with Crippen LogP contribution in [0.1, 0.15) is 16.7 Å². The summed E-state index contributed by atoms with van der Waals surface area (Å²) < 4.78 is 40.3. The lowest BCUT2D eigenvalue weighted by atomic mass is 10.1. The number of hydrogen-bond acceptors (Lipinski definition) is 4. The largest absolute Gasteiger partial charge is 0.495 e. The van der Waals surface area contributed by atoms with Crippen molar-refractivity contribution in [1.82, 2.24) is 0 Å². The van der Waals surface area contributed by atoms with Crippen molar-refractivity contribution in [1.29, 1.82) is 0 Å². The average molecular weight is 395 g/mol. The van der Waals surface area contributed by atoms with Gasteiger partial charge in [0, 0.05) is 16.8 Å². The number of aryl methyl sites for hydroxylation is 3. The van der Waals surface area contributed by atoms with E-state index in [1.165, 1.54) is 7.11 Å². The van der Waals surface area contributed by atoms with Crippen LogP contribution in [0.4, 0.5) is 5.69 Å². The highest BCUT2D eigenvalue weighted by Gasteiger charge is 2.22. The Balaban J connectivity index is 1.86. The summed E-state index contributed by atoms with van der Waals surface area (Å²) in [6.07, 6.45) is 0. The lowest BCUT2D eigenvalue weighted by Gasteiger charge is -2.15. The van der Waals surface area contributed by atoms with Gasteiger partial charge in [-0.05, 0) is 44.0 Å². The molecule has 0 aliphatic carbocycles. The van der Waals surface area contributed by atoms with Crippen LogP contribution in [0.3, 0.4) is 0 Å². The summed E-state index contributed by atoms with van der Waals surface area (Å²) in [4.78, 5) is 0.282. The molecule has 1 aromatic heterocycles. The van der Waals surface area contributed by atoms with Gasteiger partial charge in [0.2, 0.25) is 0 Å². The third-order valence-electron chi connectivity index (χ3n) is 4.82. The number of furan rings is 1. The molecule has 28 heavy (non-hydrogen) atoms. The van der Waals surface area contributed by atoms with Crippen LogP contribution >= 0.6 is 0 Å². The summed E-state index contributed by atoms with van der Waals surface area (Å²) in [5.41, 5.74) is 4.10. The van der Waals surface area contributed by atoms with Gasteiger partial charge in [-0.2, -0.15) is 0 Å². The van der Waals surface area contributed by atoms with Crippen molar-refractivity contribution in [3.05, 3.63) is 65.2 Å². The molecular weight excluding hydrogens is 374 g/mol. The number of fused-ring (bicyclic) bond motifs is 3. The van der Waals surface area contributed by atoms with Crippen molar-refractivity contribution in [3.63, 3.8) is 0 Å². The smallest absolute Gasteiger partial charge is 0.262 e. The van der Waals surface area contributed by atoms with E-state index in [0.717, 1.165) is 21.9 Å². The zero-order valence-electron chi connectivity index (χ0n) is 16.2. The molecule has 0 fully saturated rings. The number of methoxy groups -OCH3 is 1. The second kappa shape index (κ2) is 6.56. The fraction of sp³-hybridized carbons (Fsp3) is 0.182. The number of rotatable bonds is 4. The fourth-order valence-electron chi connectivity index (χ4n) is 3.79. The normalized spacial score (nSPS) is 11.9. The highest BCUT2D eigenvalue weighted by Crippen LogP contribution is 2.37. The summed E-state index contributed by atoms with van der Waals surface area (Å²) in [5.74, 6) is 0.435. The predicted molar refractivity (Wildman–Crippen MR) is 112 cm³/mol. The first-order chi connectivity index (χ1) is 13.3. The Kier molecular flexibility index (Phi) is 4.31. The molecule has 3 aromatic carbocycles. The highest BCUT2D eigenvalue weighted by molar-refractivity contribution is 7.92. The molecule has 5 nitrogen and oxygen atoms in total. The van der Waals surface area contributed by atoms with E-state index >= 15 is 0 Å². The van der Waals surface area contributed by atoms with Crippen LogP contribution in [0.15, 0.2) is 57.8 Å². The molecule has 0 atom stereocenters. The molecular formula is C22H21NO4S. The van der Waals surface area contributed by atoms with Crippen LogP contribution in [0, 0.1) is 20.8 Å². The zero-order chi connectivity index (χ0) is 20.1. The van der Waals surface area contributed by atoms with Gasteiger partial charge in [-0.25, -0.2) is 8.42 Å². The second-order valence-electron chi connectivity index (χ2n) is 6.98. The quantitative estimate of drug-likeness (QED) is 0.508. The van der Waals surface area contributed by atoms with Gasteiger partial charge in [-0.15, -0.1) is 0 Å². The van der Waals surface area contributed by atoms with Crippen LogP contribution in [-0.4, -0.2) is 15.5 Å². The van der Waals surface area contributed by atoms with Crippen LogP contribution in [-0.2, 0) is 10.0 Å². The van der Waals surface area contributed by atoms with Gasteiger partial charge < -0.3 is 9.15 Å². The monoisotopic (exact) mass is 395 g/mol. The minimum Gasteiger partial charge on any atom is -0.495 e. The maximum absolute atomic E-state index is 13.1. The lowest BCUT2D eigenvalue weighted by Crippen LogP contribution is -2.16. The number of ether oxygens (including phenoxy) is 1. The number of anilines is 1. The number of sulfonamides is 1. The van der Waals surface area contributed by atoms with Gasteiger partial charge in [0.1, 0.15) is 16.9 Å². The molecule has 4 rings (SSSR count). The van der Waals surface area contributed by atoms with E-state index in [-0.39, 0.29) is 4.90 Å². The summed E-state index contributed by atoms with van der Waals surface area (Å²) in [6.45, 7) is 5.55. The Morgan fingerprint density at radius 2 is 1.57 bits per heavy atom. The molecule has 0 saturated heterocycles. The van der Waals surface area contributed by atoms with Gasteiger partial charge in [0.25, 0.3) is 10.0 Å². The molecule has 0 radical (unpaired) electrons. The topological polar surface area (TPSA) is 68.5 Å². The van der Waals surface area contributed by atoms with Crippen molar-refractivity contribution in [2.45, 2.75) is 25.7 Å². The third kappa shape index (κ3) is 2.99. The maximum Gasteiger partial charge on any atom is 0.262 e. The van der Waals surface area contributed by atoms with E-state index in [9.17, 15) is 8.42 Å². The second-order valence-corrected chi connectivity index (χ2v) is 8.60. The van der Waals surface area contributed by atoms with Crippen LogP contribution in [0.2, 0.25) is 0 Å². The molecule has 0 unspecified atom stereocenters. The van der Waals surface area contributed by atoms with Crippen molar-refractivity contribution in [2.24, 2.45) is 0 Å². The van der Waals surface area contributed by atoms with Crippen molar-refractivity contribution in [2.75, 3.05) is 11.8 Å². The maximum atomic E-state index is 13.1. The number of benzene rings is 3. The molecule has 0 aliphatic heterocycles. The van der Waals surface area contributed by atoms with E-state index in [4.69, 9.17) is 9.15 Å². The summed E-state index contributed by atoms with van der Waals surface area (Å²) >= 11 is 0. The predicted octanol–water partition coefficient (Wildman–Crippen LogP) is 5.32. The minimum absolute atomic E-state index is 0.282. The molecule has 1 N–H and O–H groups in total. The van der Waals surface area contributed by atoms with E-state index in [1.54, 1.807) is 26.0 Å². The molecule has 0 aliphatic rings. The number of hydrogen-bond donors (Lipinski definition) is 1. The lowest BCUT2D eigenvalue weighted by molar-refractivity contribution is 0.417. The van der Waals surface area contributed by atoms with Crippen LogP contribution in [0.25, 0.3) is 21.9 Å². The summed E-state index contributed by atoms with van der Waals surface area (Å²) in [5, 5.41) is 1.83. The first-order valence-corrected chi connectivity index (χ1v) is 10.4. The van der Waals surface area contributed by atoms with Gasteiger partial charge >= 0.3 is 0 Å². The van der Waals surface area contributed by atoms with Crippen molar-refractivity contribution >= 4 is 37.6 Å². The molecule has 6 heteroatoms. The fourth-order valence-corrected chi connectivity index (χ4v) is 5.30. The molecule has 0 bridgehead atoms. The summed E-state index contributed by atoms with van der Waals surface area (Å²) in [6, 6.07) is 14.9. The minimum atomic E-state index is -3.79. The molecule has 4 aromatic rings. The third-order valence-corrected chi connectivity index (χ3v) is 6.49. The van der Waals surface area contributed by atoms with E-state index < -0.39 is 10.0 Å². The Morgan fingerprint density at radius 1 is 0.893 bits per heavy atom. The van der Waals surface area contributed by atoms with Crippen LogP contribution < -0.4 is 9.46 Å². The van der Waals surface area contributed by atoms with Gasteiger partial charge in [-0.1, -0.05) is 35.9 Å². The Labute approximate surface area is 164 Å². The van der Waals surface area contributed by atoms with Crippen molar-refractivity contribution < 1.29 is 17.6 Å². The van der Waals surface area contributed by atoms with Crippen molar-refractivity contribution in [3.8, 4) is 5.75 Å². The van der Waals surface area contributed by atoms with Gasteiger partial charge in [0.15, 0.2) is 0 Å². The average Bonchev–Trinajstić information content (AvgIpc) is 2.96. The SMILES string of the molecule is COc1cc2c(cc1NS(=O)(=O)c1c(C)cc(C)cc1C)oc1ccccc12. The van der Waals surface area contributed by atoms with Crippen LogP contribution in [0.5, 0.6) is 5.75 Å². The first kappa shape index (κ1) is 18.4. The Bertz CT molecular complexity index is 1300. The van der Waals surface area contributed by atoms with E-state index in [2.05, 4.69) is 4.72 Å². The van der Waals surface area contributed by atoms with Gasteiger partial charge in [0.05, 0.1) is 17.7 Å². The van der Waals surface area contributed by atoms with Gasteiger partial charge in [-0.3, -0.25) is 4.72 Å². The molecule has 144 valence electrons. The molecule has 0 spiro atoms. The molecule has 1 heterocycles. The summed E-state index contributed by atoms with van der Waals surface area (Å²) in [7, 11) is -2.28. The Hall–Kier alpha value is -2.99. The Morgan fingerprint density at radius 3 is 2.25 bits per heavy atom. The number of para-hydroxylation sites is 1. The molecule has 0 saturated carbocycles. The van der Waals surface area contributed by atoms with E-state index in [1.807, 2.05) is 43.3 Å². The molecule has 0 amide bonds. The number of nitrogens with one attached hydrogen (secondary N) is 1. The highest BCUT2D eigenvalue weighted by atomic mass is 32.2. The standard InChI is InChI=1S/C22H21NO4S/c1-13-9-14(2)22(15(3)10-13)28(24,25)23-18-12-20-17(11-21(18)26-4)16-7-5-6-8-19(16)27-20/h5-12,23H,1-4H3.